The lowest BCUT2D eigenvalue weighted by molar-refractivity contribution is -0.157. The highest BCUT2D eigenvalue weighted by atomic mass is 35.5. The molecule has 1 amide bonds. The fourth-order valence-electron chi connectivity index (χ4n) is 5.80. The molecule has 5 rings (SSSR count). The predicted molar refractivity (Wildman–Crippen MR) is 105 cm³/mol. The van der Waals surface area contributed by atoms with Gasteiger partial charge in [0.2, 0.25) is 0 Å². The van der Waals surface area contributed by atoms with Gasteiger partial charge in [-0.05, 0) is 80.5 Å². The SMILES string of the molecule is O=C(CCNC(=O)c1ccc(Cl)cc1)OCC(=O)C12CC3CC(CC(C3)C1)C2. The summed E-state index contributed by atoms with van der Waals surface area (Å²) in [7, 11) is 0. The lowest BCUT2D eigenvalue weighted by Crippen LogP contribution is -2.51. The van der Waals surface area contributed by atoms with E-state index in [2.05, 4.69) is 5.32 Å². The Balaban J connectivity index is 1.20. The van der Waals surface area contributed by atoms with E-state index in [4.69, 9.17) is 16.3 Å². The lowest BCUT2D eigenvalue weighted by Gasteiger charge is -2.55. The van der Waals surface area contributed by atoms with E-state index in [0.717, 1.165) is 19.3 Å². The van der Waals surface area contributed by atoms with Crippen molar-refractivity contribution in [2.24, 2.45) is 23.2 Å². The zero-order chi connectivity index (χ0) is 19.7. The summed E-state index contributed by atoms with van der Waals surface area (Å²) in [5.74, 6) is 1.45. The molecule has 4 aliphatic carbocycles. The second kappa shape index (κ2) is 7.86. The first-order valence-corrected chi connectivity index (χ1v) is 10.5. The van der Waals surface area contributed by atoms with Gasteiger partial charge in [-0.1, -0.05) is 11.6 Å². The van der Waals surface area contributed by atoms with Crippen molar-refractivity contribution in [3.05, 3.63) is 34.9 Å². The smallest absolute Gasteiger partial charge is 0.308 e. The van der Waals surface area contributed by atoms with Crippen LogP contribution >= 0.6 is 11.6 Å². The number of carbonyl (C=O) groups is 3. The van der Waals surface area contributed by atoms with Gasteiger partial charge in [-0.25, -0.2) is 0 Å². The molecule has 4 bridgehead atoms. The van der Waals surface area contributed by atoms with Crippen LogP contribution in [0.4, 0.5) is 0 Å². The van der Waals surface area contributed by atoms with E-state index in [1.54, 1.807) is 24.3 Å². The molecule has 150 valence electrons. The molecule has 1 aromatic rings. The number of benzene rings is 1. The van der Waals surface area contributed by atoms with E-state index in [0.29, 0.717) is 28.3 Å². The summed E-state index contributed by atoms with van der Waals surface area (Å²) in [5.41, 5.74) is 0.243. The van der Waals surface area contributed by atoms with Gasteiger partial charge in [-0.2, -0.15) is 0 Å². The average Bonchev–Trinajstić information content (AvgIpc) is 2.65. The van der Waals surface area contributed by atoms with Gasteiger partial charge in [0.25, 0.3) is 5.91 Å². The van der Waals surface area contributed by atoms with E-state index in [1.165, 1.54) is 19.3 Å². The van der Waals surface area contributed by atoms with Crippen molar-refractivity contribution in [2.75, 3.05) is 13.2 Å². The van der Waals surface area contributed by atoms with Crippen LogP contribution < -0.4 is 5.32 Å². The number of amides is 1. The second-order valence-electron chi connectivity index (χ2n) is 8.79. The van der Waals surface area contributed by atoms with Gasteiger partial charge in [0.05, 0.1) is 6.42 Å². The number of halogens is 1. The van der Waals surface area contributed by atoms with Gasteiger partial charge >= 0.3 is 5.97 Å². The Labute approximate surface area is 170 Å². The third-order valence-electron chi connectivity index (χ3n) is 6.72. The number of nitrogens with one attached hydrogen (secondary N) is 1. The molecule has 4 saturated carbocycles. The standard InChI is InChI=1S/C22H26ClNO4/c23-18-3-1-17(2-4-18)21(27)24-6-5-20(26)28-13-19(25)22-10-14-7-15(11-22)9-16(8-14)12-22/h1-4,14-16H,5-13H2,(H,24,27). The molecule has 0 atom stereocenters. The summed E-state index contributed by atoms with van der Waals surface area (Å²) in [4.78, 5) is 36.8. The van der Waals surface area contributed by atoms with Crippen molar-refractivity contribution in [1.29, 1.82) is 0 Å². The summed E-state index contributed by atoms with van der Waals surface area (Å²) in [6, 6.07) is 6.53. The van der Waals surface area contributed by atoms with E-state index in [9.17, 15) is 14.4 Å². The molecule has 0 aromatic heterocycles. The number of ketones is 1. The number of Topliss-reactive ketones (excluding diaryl/α,β-unsaturated/α-hetero) is 1. The monoisotopic (exact) mass is 403 g/mol. The van der Waals surface area contributed by atoms with Crippen LogP contribution in [-0.4, -0.2) is 30.8 Å². The highest BCUT2D eigenvalue weighted by Gasteiger charge is 2.54. The normalized spacial score (nSPS) is 30.1. The molecule has 0 spiro atoms. The molecule has 6 heteroatoms. The number of carbonyl (C=O) groups excluding carboxylic acids is 3. The van der Waals surface area contributed by atoms with E-state index in [1.807, 2.05) is 0 Å². The third-order valence-corrected chi connectivity index (χ3v) is 6.97. The van der Waals surface area contributed by atoms with Crippen molar-refractivity contribution in [3.63, 3.8) is 0 Å². The number of hydrogen-bond acceptors (Lipinski definition) is 4. The van der Waals surface area contributed by atoms with Gasteiger partial charge in [0.15, 0.2) is 12.4 Å². The van der Waals surface area contributed by atoms with Crippen molar-refractivity contribution in [2.45, 2.75) is 44.9 Å². The fraction of sp³-hybridized carbons (Fsp3) is 0.591. The van der Waals surface area contributed by atoms with Gasteiger partial charge < -0.3 is 10.1 Å². The Hall–Kier alpha value is -1.88. The maximum Gasteiger partial charge on any atom is 0.308 e. The third kappa shape index (κ3) is 4.09. The van der Waals surface area contributed by atoms with Crippen molar-refractivity contribution >= 4 is 29.3 Å². The Morgan fingerprint density at radius 1 is 1.00 bits per heavy atom. The molecular weight excluding hydrogens is 378 g/mol. The van der Waals surface area contributed by atoms with Crippen LogP contribution in [-0.2, 0) is 14.3 Å². The molecule has 28 heavy (non-hydrogen) atoms. The van der Waals surface area contributed by atoms with E-state index < -0.39 is 5.97 Å². The highest BCUT2D eigenvalue weighted by Crippen LogP contribution is 2.60. The Bertz CT molecular complexity index is 738. The van der Waals surface area contributed by atoms with Crippen LogP contribution in [0.15, 0.2) is 24.3 Å². The zero-order valence-corrected chi connectivity index (χ0v) is 16.7. The molecule has 0 saturated heterocycles. The van der Waals surface area contributed by atoms with Crippen LogP contribution in [0, 0.1) is 23.2 Å². The van der Waals surface area contributed by atoms with Crippen LogP contribution in [0.2, 0.25) is 5.02 Å². The number of hydrogen-bond donors (Lipinski definition) is 1. The van der Waals surface area contributed by atoms with E-state index in [-0.39, 0.29) is 36.7 Å². The first-order chi connectivity index (χ1) is 13.4. The topological polar surface area (TPSA) is 72.5 Å². The minimum absolute atomic E-state index is 0.0491. The Kier molecular flexibility index (Phi) is 5.46. The van der Waals surface area contributed by atoms with Crippen LogP contribution in [0.5, 0.6) is 0 Å². The lowest BCUT2D eigenvalue weighted by atomic mass is 9.48. The second-order valence-corrected chi connectivity index (χ2v) is 9.23. The minimum Gasteiger partial charge on any atom is -0.458 e. The van der Waals surface area contributed by atoms with Crippen molar-refractivity contribution in [3.8, 4) is 0 Å². The molecule has 4 aliphatic rings. The molecule has 4 fully saturated rings. The molecule has 0 aliphatic heterocycles. The molecule has 0 unspecified atom stereocenters. The molecule has 1 aromatic carbocycles. The summed E-state index contributed by atoms with van der Waals surface area (Å²) in [6.07, 6.45) is 6.82. The molecule has 5 nitrogen and oxygen atoms in total. The summed E-state index contributed by atoms with van der Waals surface area (Å²) in [6.45, 7) is 0.0436. The first kappa shape index (κ1) is 19.4. The van der Waals surface area contributed by atoms with Crippen LogP contribution in [0.25, 0.3) is 0 Å². The minimum atomic E-state index is -0.450. The van der Waals surface area contributed by atoms with Crippen LogP contribution in [0.1, 0.15) is 55.3 Å². The molecule has 0 radical (unpaired) electrons. The molecule has 0 heterocycles. The first-order valence-electron chi connectivity index (χ1n) is 10.2. The van der Waals surface area contributed by atoms with Gasteiger partial charge in [-0.3, -0.25) is 14.4 Å². The maximum absolute atomic E-state index is 12.8. The molecule has 1 N–H and O–H groups in total. The number of ether oxygens (including phenoxy) is 1. The number of esters is 1. The zero-order valence-electron chi connectivity index (χ0n) is 15.9. The van der Waals surface area contributed by atoms with Gasteiger partial charge in [0, 0.05) is 22.5 Å². The summed E-state index contributed by atoms with van der Waals surface area (Å²) >= 11 is 5.80. The maximum atomic E-state index is 12.8. The largest absolute Gasteiger partial charge is 0.458 e. The fourth-order valence-corrected chi connectivity index (χ4v) is 5.93. The van der Waals surface area contributed by atoms with Crippen molar-refractivity contribution < 1.29 is 19.1 Å². The van der Waals surface area contributed by atoms with Gasteiger partial charge in [0.1, 0.15) is 0 Å². The highest BCUT2D eigenvalue weighted by molar-refractivity contribution is 6.30. The average molecular weight is 404 g/mol. The summed E-state index contributed by atoms with van der Waals surface area (Å²) < 4.78 is 5.24. The van der Waals surface area contributed by atoms with Crippen LogP contribution in [0.3, 0.4) is 0 Å². The van der Waals surface area contributed by atoms with E-state index >= 15 is 0 Å². The van der Waals surface area contributed by atoms with Crippen molar-refractivity contribution in [1.82, 2.24) is 5.32 Å². The Morgan fingerprint density at radius 3 is 2.14 bits per heavy atom. The summed E-state index contributed by atoms with van der Waals surface area (Å²) in [5, 5.41) is 3.24. The molecular formula is C22H26ClNO4. The van der Waals surface area contributed by atoms with Gasteiger partial charge in [-0.15, -0.1) is 0 Å². The predicted octanol–water partition coefficient (Wildman–Crippen LogP) is 3.79. The quantitative estimate of drug-likeness (QED) is 0.703. The number of rotatable bonds is 7. The Morgan fingerprint density at radius 2 is 1.57 bits per heavy atom.